The van der Waals surface area contributed by atoms with E-state index in [4.69, 9.17) is 0 Å². The van der Waals surface area contributed by atoms with Crippen molar-refractivity contribution >= 4 is 26.0 Å². The minimum atomic E-state index is -3.70. The first kappa shape index (κ1) is 16.1. The third-order valence-electron chi connectivity index (χ3n) is 3.01. The molecule has 21 heavy (non-hydrogen) atoms. The van der Waals surface area contributed by atoms with Gasteiger partial charge >= 0.3 is 0 Å². The lowest BCUT2D eigenvalue weighted by Gasteiger charge is -2.17. The van der Waals surface area contributed by atoms with Crippen LogP contribution in [0.15, 0.2) is 52.0 Å². The molecule has 0 bridgehead atoms. The highest BCUT2D eigenvalue weighted by molar-refractivity contribution is 9.10. The highest BCUT2D eigenvalue weighted by Gasteiger charge is 2.21. The molecule has 4 nitrogen and oxygen atoms in total. The minimum Gasteiger partial charge on any atom is -0.261 e. The second-order valence-electron chi connectivity index (χ2n) is 4.47. The molecule has 0 aliphatic carbocycles. The van der Waals surface area contributed by atoms with Crippen molar-refractivity contribution in [3.63, 3.8) is 0 Å². The van der Waals surface area contributed by atoms with Crippen molar-refractivity contribution < 1.29 is 12.8 Å². The Kier molecular flexibility index (Phi) is 5.08. The molecule has 112 valence electrons. The molecule has 0 saturated carbocycles. The zero-order valence-corrected chi connectivity index (χ0v) is 13.7. The number of aromatic nitrogens is 1. The van der Waals surface area contributed by atoms with E-state index in [1.807, 2.05) is 12.1 Å². The lowest BCUT2D eigenvalue weighted by Crippen LogP contribution is -2.29. The van der Waals surface area contributed by atoms with E-state index in [1.54, 1.807) is 12.3 Å². The van der Waals surface area contributed by atoms with E-state index in [-0.39, 0.29) is 15.9 Å². The fourth-order valence-corrected chi connectivity index (χ4v) is 3.19. The largest absolute Gasteiger partial charge is 0.261 e. The van der Waals surface area contributed by atoms with Crippen molar-refractivity contribution in [2.75, 3.05) is 13.6 Å². The van der Waals surface area contributed by atoms with Gasteiger partial charge in [0.2, 0.25) is 10.0 Å². The highest BCUT2D eigenvalue weighted by Crippen LogP contribution is 2.21. The predicted molar refractivity (Wildman–Crippen MR) is 81.9 cm³/mol. The number of nitrogens with zero attached hydrogens (tertiary/aromatic N) is 2. The predicted octanol–water partition coefficient (Wildman–Crippen LogP) is 2.85. The van der Waals surface area contributed by atoms with Gasteiger partial charge in [-0.1, -0.05) is 6.07 Å². The van der Waals surface area contributed by atoms with E-state index in [2.05, 4.69) is 20.9 Å². The monoisotopic (exact) mass is 372 g/mol. The molecule has 1 aromatic carbocycles. The summed E-state index contributed by atoms with van der Waals surface area (Å²) in [6.45, 7) is 0.275. The van der Waals surface area contributed by atoms with Crippen molar-refractivity contribution in [3.05, 3.63) is 58.6 Å². The van der Waals surface area contributed by atoms with Gasteiger partial charge < -0.3 is 0 Å². The number of benzene rings is 1. The van der Waals surface area contributed by atoms with Crippen LogP contribution < -0.4 is 0 Å². The average Bonchev–Trinajstić information content (AvgIpc) is 2.48. The standard InChI is InChI=1S/C14H14BrFN2O2S/c1-18(9-7-11-4-2-3-8-17-11)21(19,20)12-5-6-13(15)14(16)10-12/h2-6,8,10H,7,9H2,1H3. The molecule has 0 fully saturated rings. The highest BCUT2D eigenvalue weighted by atomic mass is 79.9. The second-order valence-corrected chi connectivity index (χ2v) is 7.37. The molecule has 2 aromatic rings. The van der Waals surface area contributed by atoms with E-state index in [9.17, 15) is 12.8 Å². The van der Waals surface area contributed by atoms with E-state index >= 15 is 0 Å². The summed E-state index contributed by atoms with van der Waals surface area (Å²) < 4.78 is 39.6. The first-order valence-electron chi connectivity index (χ1n) is 6.22. The van der Waals surface area contributed by atoms with Crippen LogP contribution in [-0.4, -0.2) is 31.3 Å². The summed E-state index contributed by atoms with van der Waals surface area (Å²) in [5, 5.41) is 0. The molecule has 2 rings (SSSR count). The molecule has 0 amide bonds. The lowest BCUT2D eigenvalue weighted by molar-refractivity contribution is 0.470. The quantitative estimate of drug-likeness (QED) is 0.810. The van der Waals surface area contributed by atoms with Gasteiger partial charge in [-0.15, -0.1) is 0 Å². The van der Waals surface area contributed by atoms with E-state index in [1.165, 1.54) is 23.5 Å². The molecule has 1 aromatic heterocycles. The summed E-state index contributed by atoms with van der Waals surface area (Å²) in [6, 6.07) is 9.25. The molecule has 0 aliphatic rings. The molecule has 0 atom stereocenters. The smallest absolute Gasteiger partial charge is 0.242 e. The average molecular weight is 373 g/mol. The molecule has 7 heteroatoms. The van der Waals surface area contributed by atoms with E-state index < -0.39 is 15.8 Å². The Bertz CT molecular complexity index is 723. The van der Waals surface area contributed by atoms with Crippen LogP contribution >= 0.6 is 15.9 Å². The fourth-order valence-electron chi connectivity index (χ4n) is 1.76. The van der Waals surface area contributed by atoms with Gasteiger partial charge in [-0.25, -0.2) is 17.1 Å². The normalized spacial score (nSPS) is 11.8. The van der Waals surface area contributed by atoms with Crippen molar-refractivity contribution in [2.45, 2.75) is 11.3 Å². The SMILES string of the molecule is CN(CCc1ccccn1)S(=O)(=O)c1ccc(Br)c(F)c1. The Morgan fingerprint density at radius 3 is 2.67 bits per heavy atom. The maximum Gasteiger partial charge on any atom is 0.242 e. The number of halogens is 2. The van der Waals surface area contributed by atoms with Gasteiger partial charge in [0, 0.05) is 31.9 Å². The van der Waals surface area contributed by atoms with Gasteiger partial charge in [-0.05, 0) is 46.3 Å². The molecular formula is C14H14BrFN2O2S. The molecule has 0 saturated heterocycles. The molecule has 0 unspecified atom stereocenters. The van der Waals surface area contributed by atoms with Crippen LogP contribution in [0.25, 0.3) is 0 Å². The molecule has 0 N–H and O–H groups in total. The maximum atomic E-state index is 13.5. The third kappa shape index (κ3) is 3.87. The zero-order valence-electron chi connectivity index (χ0n) is 11.3. The third-order valence-corrected chi connectivity index (χ3v) is 5.50. The topological polar surface area (TPSA) is 50.3 Å². The number of sulfonamides is 1. The van der Waals surface area contributed by atoms with Gasteiger partial charge in [-0.2, -0.15) is 0 Å². The zero-order chi connectivity index (χ0) is 15.5. The number of hydrogen-bond acceptors (Lipinski definition) is 3. The molecular weight excluding hydrogens is 359 g/mol. The molecule has 0 spiro atoms. The van der Waals surface area contributed by atoms with Crippen molar-refractivity contribution in [3.8, 4) is 0 Å². The van der Waals surface area contributed by atoms with Gasteiger partial charge in [-0.3, -0.25) is 4.98 Å². The lowest BCUT2D eigenvalue weighted by atomic mass is 10.3. The maximum absolute atomic E-state index is 13.5. The summed E-state index contributed by atoms with van der Waals surface area (Å²) in [5.41, 5.74) is 0.807. The Balaban J connectivity index is 2.13. The van der Waals surface area contributed by atoms with Gasteiger partial charge in [0.25, 0.3) is 0 Å². The van der Waals surface area contributed by atoms with Gasteiger partial charge in [0.1, 0.15) is 5.82 Å². The summed E-state index contributed by atoms with van der Waals surface area (Å²) in [4.78, 5) is 4.08. The van der Waals surface area contributed by atoms with Crippen molar-refractivity contribution in [2.24, 2.45) is 0 Å². The van der Waals surface area contributed by atoms with Crippen LogP contribution in [0.4, 0.5) is 4.39 Å². The van der Waals surface area contributed by atoms with Crippen LogP contribution in [0, 0.1) is 5.82 Å². The second kappa shape index (κ2) is 6.64. The van der Waals surface area contributed by atoms with Crippen molar-refractivity contribution in [1.82, 2.24) is 9.29 Å². The van der Waals surface area contributed by atoms with E-state index in [0.29, 0.717) is 6.42 Å². The summed E-state index contributed by atoms with van der Waals surface area (Å²) in [6.07, 6.45) is 2.16. The van der Waals surface area contributed by atoms with Crippen LogP contribution in [0.5, 0.6) is 0 Å². The fraction of sp³-hybridized carbons (Fsp3) is 0.214. The minimum absolute atomic E-state index is 0.0632. The van der Waals surface area contributed by atoms with Crippen LogP contribution in [0.1, 0.15) is 5.69 Å². The Labute approximate surface area is 131 Å². The summed E-state index contributed by atoms with van der Waals surface area (Å²) in [7, 11) is -2.23. The number of rotatable bonds is 5. The number of likely N-dealkylation sites (N-methyl/N-ethyl adjacent to an activating group) is 1. The molecule has 0 aliphatic heterocycles. The summed E-state index contributed by atoms with van der Waals surface area (Å²) >= 11 is 3.00. The van der Waals surface area contributed by atoms with E-state index in [0.717, 1.165) is 11.8 Å². The number of hydrogen-bond donors (Lipinski definition) is 0. The first-order chi connectivity index (χ1) is 9.91. The van der Waals surface area contributed by atoms with Crippen LogP contribution in [0.2, 0.25) is 0 Å². The Morgan fingerprint density at radius 1 is 1.29 bits per heavy atom. The Hall–Kier alpha value is -1.31. The Morgan fingerprint density at radius 2 is 2.05 bits per heavy atom. The van der Waals surface area contributed by atoms with Gasteiger partial charge in [0.15, 0.2) is 0 Å². The number of pyridine rings is 1. The first-order valence-corrected chi connectivity index (χ1v) is 8.46. The van der Waals surface area contributed by atoms with Crippen molar-refractivity contribution in [1.29, 1.82) is 0 Å². The van der Waals surface area contributed by atoms with Crippen LogP contribution in [0.3, 0.4) is 0 Å². The summed E-state index contributed by atoms with van der Waals surface area (Å²) in [5.74, 6) is -0.603. The molecule has 1 heterocycles. The van der Waals surface area contributed by atoms with Crippen LogP contribution in [-0.2, 0) is 16.4 Å². The van der Waals surface area contributed by atoms with Gasteiger partial charge in [0.05, 0.1) is 9.37 Å². The molecule has 0 radical (unpaired) electrons.